The number of halogens is 2. The Morgan fingerprint density at radius 1 is 1.08 bits per heavy atom. The van der Waals surface area contributed by atoms with E-state index in [0.717, 1.165) is 55.6 Å². The van der Waals surface area contributed by atoms with E-state index < -0.39 is 0 Å². The van der Waals surface area contributed by atoms with Crippen molar-refractivity contribution in [2.24, 2.45) is 5.92 Å². The molecule has 202 valence electrons. The zero-order chi connectivity index (χ0) is 26.6. The van der Waals surface area contributed by atoms with Gasteiger partial charge in [0.2, 0.25) is 5.91 Å². The Balaban J connectivity index is 1.14. The molecule has 0 aliphatic carbocycles. The first-order valence-corrected chi connectivity index (χ1v) is 14.1. The van der Waals surface area contributed by atoms with E-state index in [1.807, 2.05) is 17.0 Å². The van der Waals surface area contributed by atoms with Crippen molar-refractivity contribution in [1.29, 1.82) is 0 Å². The fourth-order valence-electron chi connectivity index (χ4n) is 6.08. The van der Waals surface area contributed by atoms with E-state index in [9.17, 15) is 9.90 Å². The van der Waals surface area contributed by atoms with E-state index in [-0.39, 0.29) is 18.6 Å². The van der Waals surface area contributed by atoms with E-state index in [4.69, 9.17) is 27.9 Å². The Morgan fingerprint density at radius 3 is 2.53 bits per heavy atom. The van der Waals surface area contributed by atoms with Gasteiger partial charge in [0.25, 0.3) is 0 Å². The lowest BCUT2D eigenvalue weighted by Gasteiger charge is -2.43. The van der Waals surface area contributed by atoms with E-state index in [1.165, 1.54) is 10.9 Å². The zero-order valence-corrected chi connectivity index (χ0v) is 23.2. The normalized spacial score (nSPS) is 18.9. The molecule has 0 bridgehead atoms. The van der Waals surface area contributed by atoms with Crippen molar-refractivity contribution in [3.05, 3.63) is 69.8 Å². The van der Waals surface area contributed by atoms with Gasteiger partial charge in [0.15, 0.2) is 0 Å². The van der Waals surface area contributed by atoms with Gasteiger partial charge in [-0.25, -0.2) is 0 Å². The number of piperidine rings is 2. The minimum Gasteiger partial charge on any atom is -0.497 e. The maximum atomic E-state index is 12.8. The summed E-state index contributed by atoms with van der Waals surface area (Å²) in [7, 11) is 1.70. The molecule has 6 nitrogen and oxygen atoms in total. The van der Waals surface area contributed by atoms with Crippen molar-refractivity contribution >= 4 is 46.1 Å². The predicted molar refractivity (Wildman–Crippen MR) is 154 cm³/mol. The maximum Gasteiger partial charge on any atom is 0.246 e. The number of amides is 1. The third-order valence-corrected chi connectivity index (χ3v) is 9.04. The lowest BCUT2D eigenvalue weighted by atomic mass is 9.84. The number of aromatic amines is 1. The number of rotatable bonds is 7. The maximum absolute atomic E-state index is 12.8. The number of nitrogens with zero attached hydrogens (tertiary/aromatic N) is 2. The Hall–Kier alpha value is -2.51. The second-order valence-electron chi connectivity index (χ2n) is 10.4. The monoisotopic (exact) mass is 555 g/mol. The van der Waals surface area contributed by atoms with Crippen LogP contribution in [-0.2, 0) is 4.79 Å². The fraction of sp³-hybridized carbons (Fsp3) is 0.433. The van der Waals surface area contributed by atoms with Crippen molar-refractivity contribution in [3.63, 3.8) is 0 Å². The molecule has 2 N–H and O–H groups in total. The van der Waals surface area contributed by atoms with Crippen LogP contribution in [0.5, 0.6) is 5.75 Å². The third-order valence-electron chi connectivity index (χ3n) is 8.30. The van der Waals surface area contributed by atoms with Gasteiger partial charge in [-0.3, -0.25) is 9.69 Å². The molecule has 0 spiro atoms. The summed E-state index contributed by atoms with van der Waals surface area (Å²) in [5.41, 5.74) is 3.35. The van der Waals surface area contributed by atoms with Gasteiger partial charge >= 0.3 is 0 Å². The number of methoxy groups -OCH3 is 1. The standard InChI is InChI=1S/C30H35Cl2N3O3/c1-38-23-4-6-28-24(17-23)25(18-33-28)21-8-12-34(13-9-21)29(19-36)22-10-14-35(15-11-22)30(37)7-3-20-2-5-26(31)27(32)16-20/h2-7,16-18,21-22,29,33,36H,8-15,19H2,1H3. The highest BCUT2D eigenvalue weighted by Gasteiger charge is 2.34. The topological polar surface area (TPSA) is 68.8 Å². The molecule has 2 aliphatic rings. The number of H-pyrrole nitrogens is 1. The summed E-state index contributed by atoms with van der Waals surface area (Å²) in [4.78, 5) is 20.5. The first-order chi connectivity index (χ1) is 18.5. The summed E-state index contributed by atoms with van der Waals surface area (Å²) in [6, 6.07) is 11.7. The average Bonchev–Trinajstić information content (AvgIpc) is 3.38. The molecule has 2 saturated heterocycles. The van der Waals surface area contributed by atoms with Gasteiger partial charge in [-0.2, -0.15) is 0 Å². The number of nitrogens with one attached hydrogen (secondary N) is 1. The Morgan fingerprint density at radius 2 is 1.84 bits per heavy atom. The number of carbonyl (C=O) groups excluding carboxylic acids is 1. The summed E-state index contributed by atoms with van der Waals surface area (Å²) in [6.07, 6.45) is 9.47. The molecule has 1 unspecified atom stereocenters. The van der Waals surface area contributed by atoms with E-state index >= 15 is 0 Å². The minimum atomic E-state index is 0.00578. The molecule has 0 saturated carbocycles. The molecule has 1 aromatic heterocycles. The number of aromatic nitrogens is 1. The van der Waals surface area contributed by atoms with Crippen molar-refractivity contribution in [2.45, 2.75) is 37.6 Å². The van der Waals surface area contributed by atoms with Crippen LogP contribution in [0.2, 0.25) is 10.0 Å². The Kier molecular flexibility index (Phi) is 8.64. The summed E-state index contributed by atoms with van der Waals surface area (Å²) in [6.45, 7) is 3.51. The molecule has 2 aromatic carbocycles. The van der Waals surface area contributed by atoms with Crippen molar-refractivity contribution in [2.75, 3.05) is 39.9 Å². The van der Waals surface area contributed by atoms with Crippen molar-refractivity contribution in [1.82, 2.24) is 14.8 Å². The van der Waals surface area contributed by atoms with Crippen LogP contribution in [0.3, 0.4) is 0 Å². The van der Waals surface area contributed by atoms with Crippen LogP contribution < -0.4 is 4.74 Å². The third kappa shape index (κ3) is 5.89. The number of aliphatic hydroxyl groups excluding tert-OH is 1. The molecule has 2 fully saturated rings. The van der Waals surface area contributed by atoms with E-state index in [0.29, 0.717) is 35.0 Å². The van der Waals surface area contributed by atoms with Gasteiger partial charge in [0.05, 0.1) is 23.8 Å². The van der Waals surface area contributed by atoms with Gasteiger partial charge in [-0.05, 0) is 98.1 Å². The van der Waals surface area contributed by atoms with Crippen LogP contribution in [0.4, 0.5) is 0 Å². The number of fused-ring (bicyclic) bond motifs is 1. The van der Waals surface area contributed by atoms with Gasteiger partial charge in [0.1, 0.15) is 5.75 Å². The van der Waals surface area contributed by atoms with Crippen LogP contribution in [0, 0.1) is 5.92 Å². The second kappa shape index (κ2) is 12.1. The Bertz CT molecular complexity index is 1290. The fourth-order valence-corrected chi connectivity index (χ4v) is 6.39. The molecule has 1 atom stereocenters. The van der Waals surface area contributed by atoms with Gasteiger partial charge in [-0.1, -0.05) is 29.3 Å². The summed E-state index contributed by atoms with van der Waals surface area (Å²) >= 11 is 12.1. The number of benzene rings is 2. The lowest BCUT2D eigenvalue weighted by Crippen LogP contribution is -2.50. The van der Waals surface area contributed by atoms with Crippen molar-refractivity contribution < 1.29 is 14.6 Å². The molecule has 0 radical (unpaired) electrons. The van der Waals surface area contributed by atoms with Crippen LogP contribution in [-0.4, -0.2) is 71.7 Å². The number of ether oxygens (including phenoxy) is 1. The van der Waals surface area contributed by atoms with E-state index in [2.05, 4.69) is 28.2 Å². The van der Waals surface area contributed by atoms with Gasteiger partial charge in [-0.15, -0.1) is 0 Å². The number of hydrogen-bond acceptors (Lipinski definition) is 4. The number of carbonyl (C=O) groups is 1. The summed E-state index contributed by atoms with van der Waals surface area (Å²) in [5, 5.41) is 12.6. The smallest absolute Gasteiger partial charge is 0.246 e. The molecular formula is C30H35Cl2N3O3. The molecule has 38 heavy (non-hydrogen) atoms. The van der Waals surface area contributed by atoms with Crippen LogP contribution in [0.25, 0.3) is 17.0 Å². The number of hydrogen-bond donors (Lipinski definition) is 2. The van der Waals surface area contributed by atoms with Gasteiger partial charge in [0, 0.05) is 42.3 Å². The minimum absolute atomic E-state index is 0.00578. The highest BCUT2D eigenvalue weighted by Crippen LogP contribution is 2.36. The highest BCUT2D eigenvalue weighted by atomic mass is 35.5. The molecule has 1 amide bonds. The summed E-state index contributed by atoms with van der Waals surface area (Å²) in [5.74, 6) is 1.77. The SMILES string of the molecule is COc1ccc2[nH]cc(C3CCN(C(CO)C4CCN(C(=O)C=Cc5ccc(Cl)c(Cl)c5)CC4)CC3)c2c1. The Labute approximate surface area is 234 Å². The van der Waals surface area contributed by atoms with Gasteiger partial charge < -0.3 is 19.7 Å². The molecule has 3 aromatic rings. The van der Waals surface area contributed by atoms with Crippen LogP contribution >= 0.6 is 23.2 Å². The number of aliphatic hydroxyl groups is 1. The van der Waals surface area contributed by atoms with Crippen LogP contribution in [0.1, 0.15) is 42.7 Å². The summed E-state index contributed by atoms with van der Waals surface area (Å²) < 4.78 is 5.44. The molecule has 2 aliphatic heterocycles. The quantitative estimate of drug-likeness (QED) is 0.352. The lowest BCUT2D eigenvalue weighted by molar-refractivity contribution is -0.127. The largest absolute Gasteiger partial charge is 0.497 e. The predicted octanol–water partition coefficient (Wildman–Crippen LogP) is 5.98. The molecular weight excluding hydrogens is 521 g/mol. The number of likely N-dealkylation sites (tertiary alicyclic amines) is 2. The zero-order valence-electron chi connectivity index (χ0n) is 21.7. The average molecular weight is 557 g/mol. The highest BCUT2D eigenvalue weighted by molar-refractivity contribution is 6.42. The van der Waals surface area contributed by atoms with E-state index in [1.54, 1.807) is 31.4 Å². The molecule has 8 heteroatoms. The van der Waals surface area contributed by atoms with Crippen molar-refractivity contribution in [3.8, 4) is 5.75 Å². The first kappa shape index (κ1) is 27.1. The van der Waals surface area contributed by atoms with Crippen LogP contribution in [0.15, 0.2) is 48.7 Å². The second-order valence-corrected chi connectivity index (χ2v) is 11.2. The first-order valence-electron chi connectivity index (χ1n) is 13.4. The molecule has 3 heterocycles. The molecule has 5 rings (SSSR count).